The number of aryl methyl sites for hydroxylation is 1. The van der Waals surface area contributed by atoms with Crippen LogP contribution in [0.2, 0.25) is 0 Å². The van der Waals surface area contributed by atoms with E-state index in [9.17, 15) is 13.2 Å². The molecule has 1 aromatic carbocycles. The number of benzene rings is 1. The lowest BCUT2D eigenvalue weighted by molar-refractivity contribution is 0.132. The number of carboxylic acid groups (broad SMARTS) is 1. The van der Waals surface area contributed by atoms with Gasteiger partial charge in [0.25, 0.3) is 0 Å². The minimum atomic E-state index is -3.24. The van der Waals surface area contributed by atoms with Crippen LogP contribution >= 0.6 is 0 Å². The molecular formula is C22H25N3O4S. The average Bonchev–Trinajstić information content (AvgIpc) is 3.02. The van der Waals surface area contributed by atoms with E-state index in [1.807, 2.05) is 31.3 Å². The number of rotatable bonds is 4. The second-order valence-corrected chi connectivity index (χ2v) is 10.0. The number of likely N-dealkylation sites (tertiary alicyclic amines) is 1. The molecule has 0 saturated carbocycles. The molecule has 7 nitrogen and oxygen atoms in total. The van der Waals surface area contributed by atoms with Gasteiger partial charge in [0.05, 0.1) is 17.1 Å². The molecule has 3 aromatic rings. The lowest BCUT2D eigenvalue weighted by Gasteiger charge is -2.30. The standard InChI is InChI=1S/C22H25N3O4S/c1-15-11-18-12-20(30(2,28)29)5-6-21(18)25(15)14-19-4-3-17(13-23-19)16-7-9-24(10-8-16)22(26)27/h3-6,11-13,16H,7-10,14H2,1-2H3,(H,26,27). The van der Waals surface area contributed by atoms with Crippen molar-refractivity contribution in [3.8, 4) is 0 Å². The summed E-state index contributed by atoms with van der Waals surface area (Å²) in [7, 11) is -3.24. The molecule has 158 valence electrons. The van der Waals surface area contributed by atoms with E-state index in [0.717, 1.165) is 40.7 Å². The highest BCUT2D eigenvalue weighted by molar-refractivity contribution is 7.90. The van der Waals surface area contributed by atoms with Crippen molar-refractivity contribution in [1.29, 1.82) is 0 Å². The number of fused-ring (bicyclic) bond motifs is 1. The van der Waals surface area contributed by atoms with Crippen molar-refractivity contribution in [2.24, 2.45) is 0 Å². The van der Waals surface area contributed by atoms with Crippen LogP contribution in [-0.2, 0) is 16.4 Å². The number of hydrogen-bond donors (Lipinski definition) is 1. The van der Waals surface area contributed by atoms with Crippen LogP contribution in [-0.4, -0.2) is 53.4 Å². The highest BCUT2D eigenvalue weighted by Gasteiger charge is 2.23. The molecule has 1 fully saturated rings. The largest absolute Gasteiger partial charge is 0.465 e. The first-order valence-electron chi connectivity index (χ1n) is 9.95. The molecule has 1 saturated heterocycles. The Hall–Kier alpha value is -2.87. The van der Waals surface area contributed by atoms with E-state index in [1.54, 1.807) is 12.1 Å². The zero-order chi connectivity index (χ0) is 21.5. The van der Waals surface area contributed by atoms with Crippen molar-refractivity contribution in [3.05, 3.63) is 59.5 Å². The van der Waals surface area contributed by atoms with Crippen LogP contribution in [0.15, 0.2) is 47.5 Å². The smallest absolute Gasteiger partial charge is 0.407 e. The molecule has 0 bridgehead atoms. The number of pyridine rings is 1. The van der Waals surface area contributed by atoms with Crippen LogP contribution in [0.25, 0.3) is 10.9 Å². The van der Waals surface area contributed by atoms with Crippen LogP contribution in [0.3, 0.4) is 0 Å². The van der Waals surface area contributed by atoms with Gasteiger partial charge >= 0.3 is 6.09 Å². The van der Waals surface area contributed by atoms with Crippen molar-refractivity contribution >= 4 is 26.8 Å². The maximum atomic E-state index is 11.8. The summed E-state index contributed by atoms with van der Waals surface area (Å²) in [6.07, 6.45) is 3.91. The Morgan fingerprint density at radius 3 is 2.50 bits per heavy atom. The summed E-state index contributed by atoms with van der Waals surface area (Å²) in [5.41, 5.74) is 4.10. The monoisotopic (exact) mass is 427 g/mol. The molecule has 0 atom stereocenters. The third kappa shape index (κ3) is 4.05. The number of piperidine rings is 1. The van der Waals surface area contributed by atoms with Crippen molar-refractivity contribution in [1.82, 2.24) is 14.5 Å². The number of nitrogens with zero attached hydrogens (tertiary/aromatic N) is 3. The molecule has 1 amide bonds. The maximum absolute atomic E-state index is 11.8. The summed E-state index contributed by atoms with van der Waals surface area (Å²) >= 11 is 0. The van der Waals surface area contributed by atoms with E-state index in [4.69, 9.17) is 5.11 Å². The number of hydrogen-bond acceptors (Lipinski definition) is 4. The Labute approximate surface area is 175 Å². The predicted molar refractivity (Wildman–Crippen MR) is 115 cm³/mol. The van der Waals surface area contributed by atoms with E-state index in [1.165, 1.54) is 11.2 Å². The summed E-state index contributed by atoms with van der Waals surface area (Å²) in [6.45, 7) is 3.73. The first kappa shape index (κ1) is 20.4. The summed E-state index contributed by atoms with van der Waals surface area (Å²) in [6, 6.07) is 11.3. The van der Waals surface area contributed by atoms with Gasteiger partial charge in [-0.05, 0) is 61.6 Å². The summed E-state index contributed by atoms with van der Waals surface area (Å²) in [5, 5.41) is 9.99. The Morgan fingerprint density at radius 1 is 1.17 bits per heavy atom. The fourth-order valence-corrected chi connectivity index (χ4v) is 4.82. The normalized spacial score (nSPS) is 15.6. The fraction of sp³-hybridized carbons (Fsp3) is 0.364. The zero-order valence-corrected chi connectivity index (χ0v) is 17.9. The molecule has 3 heterocycles. The van der Waals surface area contributed by atoms with Gasteiger partial charge in [0.1, 0.15) is 0 Å². The van der Waals surface area contributed by atoms with Gasteiger partial charge in [-0.25, -0.2) is 13.2 Å². The second-order valence-electron chi connectivity index (χ2n) is 7.99. The molecule has 0 spiro atoms. The third-order valence-corrected chi connectivity index (χ3v) is 7.02. The van der Waals surface area contributed by atoms with Gasteiger partial charge in [-0.15, -0.1) is 0 Å². The Balaban J connectivity index is 1.52. The first-order chi connectivity index (χ1) is 14.2. The van der Waals surface area contributed by atoms with Crippen molar-refractivity contribution in [2.45, 2.75) is 37.1 Å². The van der Waals surface area contributed by atoms with Crippen molar-refractivity contribution in [3.63, 3.8) is 0 Å². The van der Waals surface area contributed by atoms with Crippen LogP contribution in [0.4, 0.5) is 4.79 Å². The number of carbonyl (C=O) groups is 1. The second kappa shape index (κ2) is 7.75. The molecule has 4 rings (SSSR count). The van der Waals surface area contributed by atoms with E-state index < -0.39 is 15.9 Å². The molecule has 8 heteroatoms. The fourth-order valence-electron chi connectivity index (χ4n) is 4.16. The maximum Gasteiger partial charge on any atom is 0.407 e. The van der Waals surface area contributed by atoms with Crippen molar-refractivity contribution < 1.29 is 18.3 Å². The highest BCUT2D eigenvalue weighted by Crippen LogP contribution is 2.28. The quantitative estimate of drug-likeness (QED) is 0.686. The number of sulfone groups is 1. The molecule has 1 aliphatic heterocycles. The Morgan fingerprint density at radius 2 is 1.90 bits per heavy atom. The molecule has 0 aliphatic carbocycles. The van der Waals surface area contributed by atoms with Crippen LogP contribution in [0.5, 0.6) is 0 Å². The Bertz CT molecular complexity index is 1190. The van der Waals surface area contributed by atoms with Gasteiger partial charge in [0.2, 0.25) is 0 Å². The summed E-state index contributed by atoms with van der Waals surface area (Å²) < 4.78 is 25.8. The number of amides is 1. The SMILES string of the molecule is Cc1cc2cc(S(C)(=O)=O)ccc2n1Cc1ccc(C2CCN(C(=O)O)CC2)cn1. The van der Waals surface area contributed by atoms with Gasteiger partial charge in [-0.3, -0.25) is 4.98 Å². The molecule has 30 heavy (non-hydrogen) atoms. The van der Waals surface area contributed by atoms with E-state index >= 15 is 0 Å². The topological polar surface area (TPSA) is 92.5 Å². The summed E-state index contributed by atoms with van der Waals surface area (Å²) in [4.78, 5) is 17.5. The lowest BCUT2D eigenvalue weighted by atomic mass is 9.90. The molecule has 1 aliphatic rings. The van der Waals surface area contributed by atoms with Crippen LogP contribution < -0.4 is 0 Å². The van der Waals surface area contributed by atoms with Gasteiger partial charge < -0.3 is 14.6 Å². The Kier molecular flexibility index (Phi) is 5.27. The highest BCUT2D eigenvalue weighted by atomic mass is 32.2. The van der Waals surface area contributed by atoms with Gasteiger partial charge in [0, 0.05) is 42.1 Å². The van der Waals surface area contributed by atoms with E-state index in [0.29, 0.717) is 30.4 Å². The molecule has 0 radical (unpaired) electrons. The van der Waals surface area contributed by atoms with Crippen LogP contribution in [0, 0.1) is 6.92 Å². The molecule has 1 N–H and O–H groups in total. The van der Waals surface area contributed by atoms with Crippen molar-refractivity contribution in [2.75, 3.05) is 19.3 Å². The minimum Gasteiger partial charge on any atom is -0.465 e. The molecular weight excluding hydrogens is 402 g/mol. The number of aromatic nitrogens is 2. The molecule has 0 unspecified atom stereocenters. The molecule has 2 aromatic heterocycles. The van der Waals surface area contributed by atoms with E-state index in [2.05, 4.69) is 15.6 Å². The zero-order valence-electron chi connectivity index (χ0n) is 17.1. The van der Waals surface area contributed by atoms with Gasteiger partial charge in [-0.2, -0.15) is 0 Å². The third-order valence-electron chi connectivity index (χ3n) is 5.91. The minimum absolute atomic E-state index is 0.323. The van der Waals surface area contributed by atoms with E-state index in [-0.39, 0.29) is 0 Å². The van der Waals surface area contributed by atoms with Gasteiger partial charge in [0.15, 0.2) is 9.84 Å². The first-order valence-corrected chi connectivity index (χ1v) is 11.8. The summed E-state index contributed by atoms with van der Waals surface area (Å²) in [5.74, 6) is 0.339. The lowest BCUT2D eigenvalue weighted by Crippen LogP contribution is -2.36. The predicted octanol–water partition coefficient (Wildman–Crippen LogP) is 3.65. The van der Waals surface area contributed by atoms with Crippen LogP contribution in [0.1, 0.15) is 35.7 Å². The average molecular weight is 428 g/mol. The van der Waals surface area contributed by atoms with Gasteiger partial charge in [-0.1, -0.05) is 6.07 Å².